The lowest BCUT2D eigenvalue weighted by molar-refractivity contribution is 0.132. The second-order valence-electron chi connectivity index (χ2n) is 4.19. The molecular weight excluding hydrogens is 263 g/mol. The lowest BCUT2D eigenvalue weighted by atomic mass is 10.1. The van der Waals surface area contributed by atoms with E-state index in [1.54, 1.807) is 11.3 Å². The van der Waals surface area contributed by atoms with Crippen LogP contribution in [0.1, 0.15) is 18.7 Å². The van der Waals surface area contributed by atoms with Crippen molar-refractivity contribution in [2.45, 2.75) is 32.5 Å². The Morgan fingerprint density at radius 3 is 2.94 bits per heavy atom. The first-order chi connectivity index (χ1) is 7.16. The molecule has 1 aliphatic rings. The zero-order valence-corrected chi connectivity index (χ0v) is 12.0. The average molecular weight is 281 g/mol. The summed E-state index contributed by atoms with van der Waals surface area (Å²) in [5.74, 6) is 0. The molecule has 1 saturated heterocycles. The fourth-order valence-corrected chi connectivity index (χ4v) is 3.08. The van der Waals surface area contributed by atoms with Gasteiger partial charge in [-0.3, -0.25) is 4.90 Å². The van der Waals surface area contributed by atoms with E-state index in [4.69, 9.17) is 11.6 Å². The summed E-state index contributed by atoms with van der Waals surface area (Å²) in [5, 5.41) is 6.36. The number of hydrogen-bond acceptors (Lipinski definition) is 3. The van der Waals surface area contributed by atoms with Crippen LogP contribution in [0.4, 0.5) is 0 Å². The lowest BCUT2D eigenvalue weighted by Crippen LogP contribution is -2.54. The van der Waals surface area contributed by atoms with Crippen LogP contribution in [-0.4, -0.2) is 30.1 Å². The average Bonchev–Trinajstić information content (AvgIpc) is 2.59. The van der Waals surface area contributed by atoms with Gasteiger partial charge in [0.05, 0.1) is 5.02 Å². The van der Waals surface area contributed by atoms with Crippen molar-refractivity contribution in [1.82, 2.24) is 10.2 Å². The molecule has 0 amide bonds. The topological polar surface area (TPSA) is 15.3 Å². The highest BCUT2D eigenvalue weighted by atomic mass is 35.5. The van der Waals surface area contributed by atoms with Crippen molar-refractivity contribution in [2.24, 2.45) is 0 Å². The molecule has 2 rings (SSSR count). The maximum Gasteiger partial charge on any atom is 0.0516 e. The molecule has 0 spiro atoms. The Morgan fingerprint density at radius 2 is 2.31 bits per heavy atom. The van der Waals surface area contributed by atoms with Gasteiger partial charge in [0.1, 0.15) is 0 Å². The normalized spacial score (nSPS) is 26.4. The van der Waals surface area contributed by atoms with Crippen LogP contribution in [0.3, 0.4) is 0 Å². The van der Waals surface area contributed by atoms with Gasteiger partial charge in [0, 0.05) is 42.0 Å². The number of thiophene rings is 1. The maximum atomic E-state index is 5.92. The molecule has 0 aromatic carbocycles. The van der Waals surface area contributed by atoms with E-state index in [0.29, 0.717) is 12.1 Å². The zero-order valence-electron chi connectivity index (χ0n) is 9.57. The summed E-state index contributed by atoms with van der Waals surface area (Å²) in [5.41, 5.74) is 0. The Kier molecular flexibility index (Phi) is 5.54. The fourth-order valence-electron chi connectivity index (χ4n) is 1.99. The van der Waals surface area contributed by atoms with Crippen molar-refractivity contribution in [3.8, 4) is 0 Å². The molecule has 1 N–H and O–H groups in total. The molecule has 1 aromatic heterocycles. The van der Waals surface area contributed by atoms with Crippen LogP contribution in [0.5, 0.6) is 0 Å². The second kappa shape index (κ2) is 6.22. The lowest BCUT2D eigenvalue weighted by Gasteiger charge is -2.38. The van der Waals surface area contributed by atoms with Crippen LogP contribution in [0.2, 0.25) is 5.02 Å². The van der Waals surface area contributed by atoms with Gasteiger partial charge in [-0.2, -0.15) is 0 Å². The van der Waals surface area contributed by atoms with Gasteiger partial charge in [0.15, 0.2) is 0 Å². The van der Waals surface area contributed by atoms with Crippen LogP contribution in [0, 0.1) is 0 Å². The molecule has 0 aliphatic carbocycles. The molecule has 92 valence electrons. The fraction of sp³-hybridized carbons (Fsp3) is 0.636. The maximum absolute atomic E-state index is 5.92. The molecule has 5 heteroatoms. The zero-order chi connectivity index (χ0) is 10.8. The van der Waals surface area contributed by atoms with Gasteiger partial charge in [-0.15, -0.1) is 23.7 Å². The van der Waals surface area contributed by atoms with Crippen molar-refractivity contribution in [2.75, 3.05) is 13.1 Å². The second-order valence-corrected chi connectivity index (χ2v) is 5.62. The van der Waals surface area contributed by atoms with E-state index < -0.39 is 0 Å². The number of nitrogens with one attached hydrogen (secondary N) is 1. The molecule has 1 aromatic rings. The van der Waals surface area contributed by atoms with Gasteiger partial charge in [-0.25, -0.2) is 0 Å². The molecule has 0 radical (unpaired) electrons. The standard InChI is InChI=1S/C11H17ClN2S.ClH/c1-8-9(2)14(4-3-13-8)6-11-5-10(12)7-15-11;/h5,7-9,13H,3-4,6H2,1-2H3;1H. The van der Waals surface area contributed by atoms with Crippen LogP contribution in [-0.2, 0) is 6.54 Å². The minimum Gasteiger partial charge on any atom is -0.311 e. The summed E-state index contributed by atoms with van der Waals surface area (Å²) >= 11 is 7.68. The SMILES string of the molecule is CC1NCCN(Cc2cc(Cl)cs2)C1C.Cl. The van der Waals surface area contributed by atoms with E-state index in [1.807, 2.05) is 5.38 Å². The Labute approximate surface area is 112 Å². The molecular formula is C11H18Cl2N2S. The molecule has 2 atom stereocenters. The number of hydrogen-bond donors (Lipinski definition) is 1. The minimum absolute atomic E-state index is 0. The number of nitrogens with zero attached hydrogens (tertiary/aromatic N) is 1. The Hall–Kier alpha value is 0.200. The van der Waals surface area contributed by atoms with Gasteiger partial charge in [-0.1, -0.05) is 11.6 Å². The van der Waals surface area contributed by atoms with Crippen molar-refractivity contribution in [3.63, 3.8) is 0 Å². The van der Waals surface area contributed by atoms with E-state index in [9.17, 15) is 0 Å². The molecule has 2 heterocycles. The summed E-state index contributed by atoms with van der Waals surface area (Å²) in [4.78, 5) is 3.88. The van der Waals surface area contributed by atoms with Gasteiger partial charge in [-0.05, 0) is 19.9 Å². The summed E-state index contributed by atoms with van der Waals surface area (Å²) < 4.78 is 0. The third-order valence-electron chi connectivity index (χ3n) is 3.15. The number of halogens is 2. The predicted molar refractivity (Wildman–Crippen MR) is 73.9 cm³/mol. The molecule has 0 bridgehead atoms. The molecule has 16 heavy (non-hydrogen) atoms. The molecule has 2 nitrogen and oxygen atoms in total. The van der Waals surface area contributed by atoms with Crippen LogP contribution >= 0.6 is 35.3 Å². The third-order valence-corrected chi connectivity index (χ3v) is 4.41. The summed E-state index contributed by atoms with van der Waals surface area (Å²) in [7, 11) is 0. The third kappa shape index (κ3) is 3.34. The first-order valence-corrected chi connectivity index (χ1v) is 6.63. The van der Waals surface area contributed by atoms with Crippen LogP contribution in [0.15, 0.2) is 11.4 Å². The number of rotatable bonds is 2. The molecule has 1 fully saturated rings. The van der Waals surface area contributed by atoms with Crippen LogP contribution < -0.4 is 5.32 Å². The van der Waals surface area contributed by atoms with Crippen molar-refractivity contribution in [1.29, 1.82) is 0 Å². The summed E-state index contributed by atoms with van der Waals surface area (Å²) in [6.45, 7) is 7.78. The van der Waals surface area contributed by atoms with Gasteiger partial charge in [0.25, 0.3) is 0 Å². The van der Waals surface area contributed by atoms with Crippen molar-refractivity contribution >= 4 is 35.3 Å². The quantitative estimate of drug-likeness (QED) is 0.896. The van der Waals surface area contributed by atoms with E-state index in [1.165, 1.54) is 4.88 Å². The van der Waals surface area contributed by atoms with E-state index in [2.05, 4.69) is 30.1 Å². The molecule has 1 aliphatic heterocycles. The van der Waals surface area contributed by atoms with Gasteiger partial charge < -0.3 is 5.32 Å². The first-order valence-electron chi connectivity index (χ1n) is 5.37. The van der Waals surface area contributed by atoms with Crippen molar-refractivity contribution < 1.29 is 0 Å². The van der Waals surface area contributed by atoms with Gasteiger partial charge in [0.2, 0.25) is 0 Å². The van der Waals surface area contributed by atoms with E-state index in [0.717, 1.165) is 24.7 Å². The smallest absolute Gasteiger partial charge is 0.0516 e. The van der Waals surface area contributed by atoms with Gasteiger partial charge >= 0.3 is 0 Å². The minimum atomic E-state index is 0. The Morgan fingerprint density at radius 1 is 1.56 bits per heavy atom. The van der Waals surface area contributed by atoms with E-state index in [-0.39, 0.29) is 12.4 Å². The summed E-state index contributed by atoms with van der Waals surface area (Å²) in [6.07, 6.45) is 0. The summed E-state index contributed by atoms with van der Waals surface area (Å²) in [6, 6.07) is 3.25. The Bertz CT molecular complexity index is 330. The highest BCUT2D eigenvalue weighted by molar-refractivity contribution is 7.10. The van der Waals surface area contributed by atoms with Crippen LogP contribution in [0.25, 0.3) is 0 Å². The number of piperazine rings is 1. The molecule has 0 saturated carbocycles. The van der Waals surface area contributed by atoms with E-state index >= 15 is 0 Å². The van der Waals surface area contributed by atoms with Crippen molar-refractivity contribution in [3.05, 3.63) is 21.3 Å². The highest BCUT2D eigenvalue weighted by Crippen LogP contribution is 2.22. The highest BCUT2D eigenvalue weighted by Gasteiger charge is 2.24. The Balaban J connectivity index is 0.00000128. The monoisotopic (exact) mass is 280 g/mol. The largest absolute Gasteiger partial charge is 0.311 e. The predicted octanol–water partition coefficient (Wildman–Crippen LogP) is 3.01. The first kappa shape index (κ1) is 14.3. The molecule has 2 unspecified atom stereocenters.